The maximum atomic E-state index is 3.26. The SMILES string of the molecule is CCC1=CCNCNCC=C1. The number of allylic oxidation sites excluding steroid dienone is 2. The Morgan fingerprint density at radius 2 is 2.18 bits per heavy atom. The molecule has 0 aromatic carbocycles. The van der Waals surface area contributed by atoms with E-state index < -0.39 is 0 Å². The Morgan fingerprint density at radius 3 is 3.00 bits per heavy atom. The van der Waals surface area contributed by atoms with Crippen molar-refractivity contribution in [3.63, 3.8) is 0 Å². The number of nitrogens with one attached hydrogen (secondary N) is 2. The van der Waals surface area contributed by atoms with Crippen LogP contribution >= 0.6 is 0 Å². The molecule has 0 saturated heterocycles. The molecule has 0 radical (unpaired) electrons. The van der Waals surface area contributed by atoms with Crippen LogP contribution in [0.2, 0.25) is 0 Å². The molecule has 62 valence electrons. The van der Waals surface area contributed by atoms with Crippen LogP contribution in [-0.2, 0) is 0 Å². The quantitative estimate of drug-likeness (QED) is 0.586. The molecule has 1 aliphatic heterocycles. The van der Waals surface area contributed by atoms with Crippen LogP contribution in [0.5, 0.6) is 0 Å². The van der Waals surface area contributed by atoms with E-state index in [1.807, 2.05) is 0 Å². The monoisotopic (exact) mass is 152 g/mol. The first-order chi connectivity index (χ1) is 5.43. The van der Waals surface area contributed by atoms with Crippen molar-refractivity contribution in [1.29, 1.82) is 0 Å². The molecule has 1 rings (SSSR count). The van der Waals surface area contributed by atoms with Gasteiger partial charge in [0, 0.05) is 19.8 Å². The van der Waals surface area contributed by atoms with Gasteiger partial charge in [-0.15, -0.1) is 0 Å². The van der Waals surface area contributed by atoms with E-state index in [1.165, 1.54) is 5.57 Å². The summed E-state index contributed by atoms with van der Waals surface area (Å²) in [6.07, 6.45) is 7.73. The van der Waals surface area contributed by atoms with Gasteiger partial charge in [-0.1, -0.05) is 30.7 Å². The summed E-state index contributed by atoms with van der Waals surface area (Å²) in [7, 11) is 0. The van der Waals surface area contributed by atoms with E-state index in [0.29, 0.717) is 0 Å². The zero-order valence-corrected chi connectivity index (χ0v) is 7.06. The molecular weight excluding hydrogens is 136 g/mol. The third-order valence-corrected chi connectivity index (χ3v) is 1.76. The fraction of sp³-hybridized carbons (Fsp3) is 0.556. The Morgan fingerprint density at radius 1 is 1.36 bits per heavy atom. The van der Waals surface area contributed by atoms with Crippen LogP contribution in [0.3, 0.4) is 0 Å². The van der Waals surface area contributed by atoms with E-state index in [4.69, 9.17) is 0 Å². The van der Waals surface area contributed by atoms with Crippen LogP contribution < -0.4 is 10.6 Å². The standard InChI is InChI=1S/C9H16N2/c1-2-9-4-3-6-10-8-11-7-5-9/h3-5,10-11H,2,6-8H2,1H3. The number of hydrogen-bond donors (Lipinski definition) is 2. The van der Waals surface area contributed by atoms with Crippen LogP contribution in [0.4, 0.5) is 0 Å². The molecule has 1 heterocycles. The molecule has 0 aliphatic carbocycles. The molecule has 2 N–H and O–H groups in total. The lowest BCUT2D eigenvalue weighted by Crippen LogP contribution is -2.28. The minimum absolute atomic E-state index is 0.901. The minimum Gasteiger partial charge on any atom is -0.301 e. The average Bonchev–Trinajstić information content (AvgIpc) is 2.16. The van der Waals surface area contributed by atoms with Crippen LogP contribution in [-0.4, -0.2) is 19.8 Å². The van der Waals surface area contributed by atoms with E-state index in [9.17, 15) is 0 Å². The molecule has 0 fully saturated rings. The van der Waals surface area contributed by atoms with E-state index in [1.54, 1.807) is 0 Å². The Kier molecular flexibility index (Phi) is 3.94. The largest absolute Gasteiger partial charge is 0.301 e. The zero-order valence-electron chi connectivity index (χ0n) is 7.06. The first-order valence-electron chi connectivity index (χ1n) is 4.20. The van der Waals surface area contributed by atoms with Gasteiger partial charge in [0.1, 0.15) is 0 Å². The van der Waals surface area contributed by atoms with Crippen molar-refractivity contribution in [3.8, 4) is 0 Å². The van der Waals surface area contributed by atoms with Crippen molar-refractivity contribution in [1.82, 2.24) is 10.6 Å². The highest BCUT2D eigenvalue weighted by atomic mass is 15.0. The van der Waals surface area contributed by atoms with Crippen molar-refractivity contribution in [3.05, 3.63) is 23.8 Å². The van der Waals surface area contributed by atoms with Gasteiger partial charge in [-0.2, -0.15) is 0 Å². The van der Waals surface area contributed by atoms with Crippen LogP contribution in [0.15, 0.2) is 23.8 Å². The van der Waals surface area contributed by atoms with Gasteiger partial charge < -0.3 is 10.6 Å². The Bertz CT molecular complexity index is 159. The van der Waals surface area contributed by atoms with Crippen molar-refractivity contribution in [2.45, 2.75) is 13.3 Å². The maximum Gasteiger partial charge on any atom is 0.0459 e. The summed E-state index contributed by atoms with van der Waals surface area (Å²) in [5, 5.41) is 6.50. The second-order valence-corrected chi connectivity index (χ2v) is 2.62. The van der Waals surface area contributed by atoms with Gasteiger partial charge in [0.15, 0.2) is 0 Å². The molecule has 0 aromatic rings. The molecule has 0 bridgehead atoms. The molecule has 2 heteroatoms. The smallest absolute Gasteiger partial charge is 0.0459 e. The second-order valence-electron chi connectivity index (χ2n) is 2.62. The van der Waals surface area contributed by atoms with Crippen LogP contribution in [0, 0.1) is 0 Å². The number of rotatable bonds is 1. The minimum atomic E-state index is 0.901. The van der Waals surface area contributed by atoms with Gasteiger partial charge in [-0.25, -0.2) is 0 Å². The van der Waals surface area contributed by atoms with Gasteiger partial charge in [0.25, 0.3) is 0 Å². The predicted octanol–water partition coefficient (Wildman–Crippen LogP) is 1.03. The van der Waals surface area contributed by atoms with E-state index in [2.05, 4.69) is 35.8 Å². The Balaban J connectivity index is 2.48. The summed E-state index contributed by atoms with van der Waals surface area (Å²) in [6.45, 7) is 5.02. The van der Waals surface area contributed by atoms with Gasteiger partial charge in [0.2, 0.25) is 0 Å². The summed E-state index contributed by atoms with van der Waals surface area (Å²) in [4.78, 5) is 0. The highest BCUT2D eigenvalue weighted by Gasteiger charge is 1.90. The first kappa shape index (κ1) is 8.50. The molecule has 0 atom stereocenters. The fourth-order valence-corrected chi connectivity index (χ4v) is 1.06. The third kappa shape index (κ3) is 3.35. The van der Waals surface area contributed by atoms with Gasteiger partial charge >= 0.3 is 0 Å². The third-order valence-electron chi connectivity index (χ3n) is 1.76. The van der Waals surface area contributed by atoms with E-state index >= 15 is 0 Å². The normalized spacial score (nSPS) is 19.9. The predicted molar refractivity (Wildman–Crippen MR) is 48.4 cm³/mol. The Labute approximate surface area is 68.4 Å². The first-order valence-corrected chi connectivity index (χ1v) is 4.20. The molecule has 0 aromatic heterocycles. The second kappa shape index (κ2) is 5.10. The molecular formula is C9H16N2. The molecule has 11 heavy (non-hydrogen) atoms. The van der Waals surface area contributed by atoms with Gasteiger partial charge in [-0.05, 0) is 6.42 Å². The molecule has 0 amide bonds. The van der Waals surface area contributed by atoms with E-state index in [0.717, 1.165) is 26.2 Å². The maximum absolute atomic E-state index is 3.26. The summed E-state index contributed by atoms with van der Waals surface area (Å²) < 4.78 is 0. The summed E-state index contributed by atoms with van der Waals surface area (Å²) >= 11 is 0. The topological polar surface area (TPSA) is 24.1 Å². The molecule has 2 nitrogen and oxygen atoms in total. The molecule has 1 aliphatic rings. The van der Waals surface area contributed by atoms with Gasteiger partial charge in [0.05, 0.1) is 0 Å². The average molecular weight is 152 g/mol. The molecule has 0 unspecified atom stereocenters. The summed E-state index contributed by atoms with van der Waals surface area (Å²) in [6, 6.07) is 0. The number of hydrogen-bond acceptors (Lipinski definition) is 2. The van der Waals surface area contributed by atoms with Crippen molar-refractivity contribution in [2.24, 2.45) is 0 Å². The van der Waals surface area contributed by atoms with Crippen molar-refractivity contribution >= 4 is 0 Å². The summed E-state index contributed by atoms with van der Waals surface area (Å²) in [5.41, 5.74) is 1.42. The molecule has 0 spiro atoms. The summed E-state index contributed by atoms with van der Waals surface area (Å²) in [5.74, 6) is 0. The fourth-order valence-electron chi connectivity index (χ4n) is 1.06. The zero-order chi connectivity index (χ0) is 7.94. The van der Waals surface area contributed by atoms with Gasteiger partial charge in [-0.3, -0.25) is 0 Å². The van der Waals surface area contributed by atoms with Crippen LogP contribution in [0.1, 0.15) is 13.3 Å². The lowest BCUT2D eigenvalue weighted by atomic mass is 10.2. The highest BCUT2D eigenvalue weighted by Crippen LogP contribution is 2.01. The lowest BCUT2D eigenvalue weighted by Gasteiger charge is -1.99. The van der Waals surface area contributed by atoms with E-state index in [-0.39, 0.29) is 0 Å². The highest BCUT2D eigenvalue weighted by molar-refractivity contribution is 5.19. The molecule has 0 saturated carbocycles. The van der Waals surface area contributed by atoms with Crippen molar-refractivity contribution in [2.75, 3.05) is 19.8 Å². The Hall–Kier alpha value is -0.600. The lowest BCUT2D eigenvalue weighted by molar-refractivity contribution is 0.648. The van der Waals surface area contributed by atoms with Crippen LogP contribution in [0.25, 0.3) is 0 Å². The van der Waals surface area contributed by atoms with Crippen molar-refractivity contribution < 1.29 is 0 Å².